The van der Waals surface area contributed by atoms with Gasteiger partial charge in [-0.25, -0.2) is 0 Å². The summed E-state index contributed by atoms with van der Waals surface area (Å²) in [6.45, 7) is 3.79. The zero-order valence-corrected chi connectivity index (χ0v) is 13.4. The predicted molar refractivity (Wildman–Crippen MR) is 79.7 cm³/mol. The zero-order chi connectivity index (χ0) is 13.3. The van der Waals surface area contributed by atoms with Gasteiger partial charge in [0.2, 0.25) is 0 Å². The molecule has 0 fully saturated rings. The van der Waals surface area contributed by atoms with Gasteiger partial charge in [0.1, 0.15) is 11.5 Å². The molecule has 0 aliphatic heterocycles. The lowest BCUT2D eigenvalue weighted by atomic mass is 10.1. The van der Waals surface area contributed by atoms with Crippen LogP contribution in [0.1, 0.15) is 18.2 Å². The van der Waals surface area contributed by atoms with E-state index in [-0.39, 0.29) is 0 Å². The van der Waals surface area contributed by atoms with Crippen LogP contribution in [0.2, 0.25) is 0 Å². The Hall–Kier alpha value is -0.580. The Labute approximate surface area is 123 Å². The minimum absolute atomic E-state index is 0.395. The number of aliphatic hydroxyl groups is 1. The molecular weight excluding hydrogens is 360 g/mol. The first-order chi connectivity index (χ1) is 8.47. The van der Waals surface area contributed by atoms with Crippen molar-refractivity contribution in [1.82, 2.24) is 0 Å². The first kappa shape index (κ1) is 13.8. The fourth-order valence-corrected chi connectivity index (χ4v) is 3.65. The molecule has 0 spiro atoms. The van der Waals surface area contributed by atoms with E-state index in [0.29, 0.717) is 6.42 Å². The van der Waals surface area contributed by atoms with Gasteiger partial charge in [-0.2, -0.15) is 0 Å². The van der Waals surface area contributed by atoms with Crippen molar-refractivity contribution in [2.24, 2.45) is 0 Å². The number of aryl methyl sites for hydroxylation is 1. The van der Waals surface area contributed by atoms with Gasteiger partial charge < -0.3 is 9.52 Å². The maximum atomic E-state index is 9.35. The minimum Gasteiger partial charge on any atom is -0.461 e. The molecule has 4 heteroatoms. The maximum Gasteiger partial charge on any atom is 0.136 e. The van der Waals surface area contributed by atoms with Crippen molar-refractivity contribution in [2.45, 2.75) is 26.4 Å². The summed E-state index contributed by atoms with van der Waals surface area (Å²) in [4.78, 5) is 0. The van der Waals surface area contributed by atoms with Gasteiger partial charge in [0.15, 0.2) is 0 Å². The van der Waals surface area contributed by atoms with Crippen LogP contribution in [0.5, 0.6) is 0 Å². The van der Waals surface area contributed by atoms with Crippen LogP contribution >= 0.6 is 31.9 Å². The van der Waals surface area contributed by atoms with Gasteiger partial charge in [-0.15, -0.1) is 0 Å². The van der Waals surface area contributed by atoms with Crippen LogP contribution in [0.3, 0.4) is 0 Å². The lowest BCUT2D eigenvalue weighted by Gasteiger charge is -2.06. The Balaban J connectivity index is 2.40. The number of benzene rings is 1. The smallest absolute Gasteiger partial charge is 0.136 e. The average Bonchev–Trinajstić information content (AvgIpc) is 2.63. The standard InChI is InChI=1S/C14H14Br2O2/c1-8-5-11(15)14(12(16)6-8)13-4-3-10(18-13)7-9(2)17/h3-6,9,17H,7H2,1-2H3. The number of rotatable bonds is 3. The normalized spacial score (nSPS) is 12.7. The van der Waals surface area contributed by atoms with Crippen LogP contribution in [0, 0.1) is 6.92 Å². The molecule has 0 amide bonds. The largest absolute Gasteiger partial charge is 0.461 e. The van der Waals surface area contributed by atoms with E-state index in [4.69, 9.17) is 4.42 Å². The molecule has 1 atom stereocenters. The molecule has 18 heavy (non-hydrogen) atoms. The molecule has 2 rings (SSSR count). The molecular formula is C14H14Br2O2. The monoisotopic (exact) mass is 372 g/mol. The molecule has 96 valence electrons. The first-order valence-electron chi connectivity index (χ1n) is 5.70. The van der Waals surface area contributed by atoms with Crippen LogP contribution in [-0.4, -0.2) is 11.2 Å². The highest BCUT2D eigenvalue weighted by Gasteiger charge is 2.13. The van der Waals surface area contributed by atoms with Gasteiger partial charge in [-0.3, -0.25) is 0 Å². The quantitative estimate of drug-likeness (QED) is 0.845. The second kappa shape index (κ2) is 5.59. The Bertz CT molecular complexity index is 536. The third-order valence-electron chi connectivity index (χ3n) is 2.59. The molecule has 0 saturated heterocycles. The summed E-state index contributed by atoms with van der Waals surface area (Å²) >= 11 is 7.11. The number of hydrogen-bond acceptors (Lipinski definition) is 2. The second-order valence-corrected chi connectivity index (χ2v) is 6.13. The van der Waals surface area contributed by atoms with Crippen LogP contribution in [0.15, 0.2) is 37.6 Å². The number of aliphatic hydroxyl groups excluding tert-OH is 1. The number of halogens is 2. The Morgan fingerprint density at radius 2 is 1.83 bits per heavy atom. The van der Waals surface area contributed by atoms with E-state index in [9.17, 15) is 5.11 Å². The van der Waals surface area contributed by atoms with Crippen molar-refractivity contribution in [2.75, 3.05) is 0 Å². The van der Waals surface area contributed by atoms with Crippen LogP contribution in [0.25, 0.3) is 11.3 Å². The molecule has 0 aliphatic carbocycles. The maximum absolute atomic E-state index is 9.35. The van der Waals surface area contributed by atoms with Gasteiger partial charge in [0.05, 0.1) is 6.10 Å². The Morgan fingerprint density at radius 1 is 1.22 bits per heavy atom. The predicted octanol–water partition coefficient (Wildman–Crippen LogP) is 4.70. The van der Waals surface area contributed by atoms with E-state index in [1.54, 1.807) is 6.92 Å². The molecule has 0 aliphatic rings. The SMILES string of the molecule is Cc1cc(Br)c(-c2ccc(CC(C)O)o2)c(Br)c1. The molecule has 1 aromatic carbocycles. The van der Waals surface area contributed by atoms with Gasteiger partial charge in [-0.1, -0.05) is 0 Å². The van der Waals surface area contributed by atoms with E-state index >= 15 is 0 Å². The van der Waals surface area contributed by atoms with Crippen molar-refractivity contribution >= 4 is 31.9 Å². The molecule has 2 aromatic rings. The summed E-state index contributed by atoms with van der Waals surface area (Å²) in [6.07, 6.45) is 0.134. The van der Waals surface area contributed by atoms with Crippen molar-refractivity contribution in [1.29, 1.82) is 0 Å². The van der Waals surface area contributed by atoms with Crippen molar-refractivity contribution in [3.8, 4) is 11.3 Å². The highest BCUT2D eigenvalue weighted by Crippen LogP contribution is 2.37. The fourth-order valence-electron chi connectivity index (χ4n) is 1.85. The average molecular weight is 374 g/mol. The first-order valence-corrected chi connectivity index (χ1v) is 7.28. The van der Waals surface area contributed by atoms with Crippen LogP contribution in [0.4, 0.5) is 0 Å². The summed E-state index contributed by atoms with van der Waals surface area (Å²) in [6, 6.07) is 7.94. The summed E-state index contributed by atoms with van der Waals surface area (Å²) < 4.78 is 7.75. The third kappa shape index (κ3) is 3.05. The van der Waals surface area contributed by atoms with E-state index in [1.165, 1.54) is 5.56 Å². The highest BCUT2D eigenvalue weighted by molar-refractivity contribution is 9.11. The van der Waals surface area contributed by atoms with E-state index < -0.39 is 6.10 Å². The highest BCUT2D eigenvalue weighted by atomic mass is 79.9. The number of hydrogen-bond donors (Lipinski definition) is 1. The molecule has 1 heterocycles. The fraction of sp³-hybridized carbons (Fsp3) is 0.286. The lowest BCUT2D eigenvalue weighted by molar-refractivity contribution is 0.187. The van der Waals surface area contributed by atoms with Crippen LogP contribution < -0.4 is 0 Å². The Morgan fingerprint density at radius 3 is 2.39 bits per heavy atom. The van der Waals surface area contributed by atoms with Gasteiger partial charge in [0.25, 0.3) is 0 Å². The molecule has 1 unspecified atom stereocenters. The van der Waals surface area contributed by atoms with Gasteiger partial charge in [-0.05, 0) is 75.5 Å². The summed E-state index contributed by atoms with van der Waals surface area (Å²) in [5.41, 5.74) is 2.17. The zero-order valence-electron chi connectivity index (χ0n) is 10.2. The second-order valence-electron chi connectivity index (χ2n) is 4.42. The van der Waals surface area contributed by atoms with Crippen molar-refractivity contribution < 1.29 is 9.52 Å². The van der Waals surface area contributed by atoms with Gasteiger partial charge >= 0.3 is 0 Å². The van der Waals surface area contributed by atoms with Gasteiger partial charge in [0, 0.05) is 20.9 Å². The summed E-state index contributed by atoms with van der Waals surface area (Å²) in [5.74, 6) is 1.59. The molecule has 1 aromatic heterocycles. The van der Waals surface area contributed by atoms with Crippen molar-refractivity contribution in [3.05, 3.63) is 44.5 Å². The van der Waals surface area contributed by atoms with E-state index in [1.807, 2.05) is 19.1 Å². The molecule has 0 radical (unpaired) electrons. The molecule has 2 nitrogen and oxygen atoms in total. The summed E-state index contributed by atoms with van der Waals surface area (Å²) in [7, 11) is 0. The Kier molecular flexibility index (Phi) is 4.30. The van der Waals surface area contributed by atoms with Crippen LogP contribution in [-0.2, 0) is 6.42 Å². The van der Waals surface area contributed by atoms with E-state index in [2.05, 4.69) is 44.0 Å². The topological polar surface area (TPSA) is 33.4 Å². The minimum atomic E-state index is -0.395. The molecule has 1 N–H and O–H groups in total. The van der Waals surface area contributed by atoms with Crippen molar-refractivity contribution in [3.63, 3.8) is 0 Å². The number of furan rings is 1. The molecule has 0 bridgehead atoms. The third-order valence-corrected chi connectivity index (χ3v) is 3.84. The van der Waals surface area contributed by atoms with E-state index in [0.717, 1.165) is 26.0 Å². The summed E-state index contributed by atoms with van der Waals surface area (Å²) in [5, 5.41) is 9.35. The lowest BCUT2D eigenvalue weighted by Crippen LogP contribution is -2.02. The molecule has 0 saturated carbocycles.